The van der Waals surface area contributed by atoms with Crippen LogP contribution in [-0.2, 0) is 0 Å². The number of carbonyl (C=O) groups is 1. The first-order valence-electron chi connectivity index (χ1n) is 10.8. The highest BCUT2D eigenvalue weighted by molar-refractivity contribution is 5.94. The van der Waals surface area contributed by atoms with Crippen molar-refractivity contribution in [2.45, 2.75) is 57.7 Å². The van der Waals surface area contributed by atoms with E-state index >= 15 is 0 Å². The van der Waals surface area contributed by atoms with Crippen LogP contribution in [0.15, 0.2) is 53.7 Å². The molecule has 0 radical (unpaired) electrons. The molecule has 1 saturated heterocycles. The Labute approximate surface area is 187 Å². The number of aromatic nitrogens is 4. The number of likely N-dealkylation sites (tertiary alicyclic amines) is 1. The van der Waals surface area contributed by atoms with Crippen LogP contribution in [0, 0.1) is 0 Å². The fraction of sp³-hybridized carbons (Fsp3) is 0.417. The molecule has 1 aliphatic rings. The van der Waals surface area contributed by atoms with E-state index in [1.165, 1.54) is 10.7 Å². The van der Waals surface area contributed by atoms with Gasteiger partial charge in [-0.1, -0.05) is 0 Å². The molecule has 0 aliphatic carbocycles. The van der Waals surface area contributed by atoms with Crippen LogP contribution in [-0.4, -0.2) is 54.7 Å². The van der Waals surface area contributed by atoms with Crippen LogP contribution in [0.25, 0.3) is 17.1 Å². The summed E-state index contributed by atoms with van der Waals surface area (Å²) in [5, 5.41) is 6.25. The molecule has 3 aromatic rings. The summed E-state index contributed by atoms with van der Waals surface area (Å²) in [6.45, 7) is 8.85. The molecule has 0 spiro atoms. The van der Waals surface area contributed by atoms with Crippen molar-refractivity contribution in [3.63, 3.8) is 0 Å². The maximum atomic E-state index is 12.9. The van der Waals surface area contributed by atoms with E-state index in [1.807, 2.05) is 0 Å². The second kappa shape index (κ2) is 8.02. The van der Waals surface area contributed by atoms with Gasteiger partial charge >= 0.3 is 0 Å². The zero-order valence-corrected chi connectivity index (χ0v) is 19.2. The number of carbonyl (C=O) groups excluding carboxylic acids is 1. The average Bonchev–Trinajstić information content (AvgIpc) is 3.14. The lowest BCUT2D eigenvalue weighted by Crippen LogP contribution is -2.62. The number of rotatable bonds is 4. The van der Waals surface area contributed by atoms with Crippen molar-refractivity contribution < 1.29 is 4.79 Å². The molecule has 32 heavy (non-hydrogen) atoms. The van der Waals surface area contributed by atoms with Gasteiger partial charge in [-0.05, 0) is 71.8 Å². The second-order valence-corrected chi connectivity index (χ2v) is 9.74. The zero-order chi connectivity index (χ0) is 23.1. The minimum Gasteiger partial charge on any atom is -0.349 e. The van der Waals surface area contributed by atoms with E-state index in [0.29, 0.717) is 22.6 Å². The molecular formula is C24H30N6O2. The van der Waals surface area contributed by atoms with Crippen LogP contribution >= 0.6 is 0 Å². The molecule has 168 valence electrons. The fourth-order valence-corrected chi connectivity index (χ4v) is 4.66. The molecular weight excluding hydrogens is 404 g/mol. The number of hydrogen-bond donors (Lipinski definition) is 2. The summed E-state index contributed by atoms with van der Waals surface area (Å²) in [6.07, 6.45) is 6.52. The molecule has 8 heteroatoms. The summed E-state index contributed by atoms with van der Waals surface area (Å²) in [5.74, 6) is -0.100. The van der Waals surface area contributed by atoms with Crippen molar-refractivity contribution >= 4 is 5.91 Å². The minimum atomic E-state index is -0.210. The summed E-state index contributed by atoms with van der Waals surface area (Å²) in [4.78, 5) is 36.0. The highest BCUT2D eigenvalue weighted by Crippen LogP contribution is 2.36. The fourth-order valence-electron chi connectivity index (χ4n) is 4.66. The van der Waals surface area contributed by atoms with E-state index in [-0.39, 0.29) is 28.6 Å². The first kappa shape index (κ1) is 22.0. The van der Waals surface area contributed by atoms with Gasteiger partial charge in [-0.3, -0.25) is 29.6 Å². The standard InChI is InChI=1S/C24H30N6O2/c1-23(2)13-17(14-24(3,4)29(23)5)27-22(32)16-6-8-18(9-7-16)30-21(31)12-19(28-30)20-15-25-10-11-26-20/h6-12,15,17,28H,13-14H2,1-5H3,(H,27,32). The topological polar surface area (TPSA) is 95.9 Å². The third kappa shape index (κ3) is 4.23. The maximum absolute atomic E-state index is 12.9. The van der Waals surface area contributed by atoms with E-state index in [9.17, 15) is 9.59 Å². The van der Waals surface area contributed by atoms with Gasteiger partial charge in [0.05, 0.1) is 17.6 Å². The molecule has 0 atom stereocenters. The van der Waals surface area contributed by atoms with Gasteiger partial charge < -0.3 is 5.32 Å². The monoisotopic (exact) mass is 434 g/mol. The van der Waals surface area contributed by atoms with Crippen molar-refractivity contribution in [1.29, 1.82) is 0 Å². The van der Waals surface area contributed by atoms with Crippen LogP contribution in [0.3, 0.4) is 0 Å². The lowest BCUT2D eigenvalue weighted by atomic mass is 9.77. The van der Waals surface area contributed by atoms with E-state index in [0.717, 1.165) is 12.8 Å². The van der Waals surface area contributed by atoms with Gasteiger partial charge in [0.15, 0.2) is 0 Å². The number of amides is 1. The smallest absolute Gasteiger partial charge is 0.271 e. The van der Waals surface area contributed by atoms with Gasteiger partial charge in [-0.2, -0.15) is 0 Å². The number of benzene rings is 1. The highest BCUT2D eigenvalue weighted by atomic mass is 16.1. The summed E-state index contributed by atoms with van der Waals surface area (Å²) in [6, 6.07) is 8.58. The molecule has 2 aromatic heterocycles. The number of nitrogens with zero attached hydrogens (tertiary/aromatic N) is 4. The van der Waals surface area contributed by atoms with Crippen LogP contribution in [0.5, 0.6) is 0 Å². The number of H-pyrrole nitrogens is 1. The summed E-state index contributed by atoms with van der Waals surface area (Å²) < 4.78 is 1.42. The molecule has 0 unspecified atom stereocenters. The molecule has 1 aromatic carbocycles. The second-order valence-electron chi connectivity index (χ2n) is 9.74. The Morgan fingerprint density at radius 3 is 2.34 bits per heavy atom. The third-order valence-corrected chi connectivity index (χ3v) is 6.59. The minimum absolute atomic E-state index is 0.000817. The van der Waals surface area contributed by atoms with Crippen molar-refractivity contribution in [2.24, 2.45) is 0 Å². The van der Waals surface area contributed by atoms with E-state index in [1.54, 1.807) is 42.9 Å². The number of hydrogen-bond acceptors (Lipinski definition) is 5. The number of nitrogens with one attached hydrogen (secondary N) is 2. The number of aromatic amines is 1. The quantitative estimate of drug-likeness (QED) is 0.658. The van der Waals surface area contributed by atoms with Crippen LogP contribution < -0.4 is 10.9 Å². The number of piperidine rings is 1. The van der Waals surface area contributed by atoms with Gasteiger partial charge in [0.1, 0.15) is 5.69 Å². The van der Waals surface area contributed by atoms with Gasteiger partial charge in [-0.25, -0.2) is 4.68 Å². The van der Waals surface area contributed by atoms with Crippen molar-refractivity contribution in [3.05, 3.63) is 64.8 Å². The molecule has 1 aliphatic heterocycles. The molecule has 1 fully saturated rings. The van der Waals surface area contributed by atoms with Gasteiger partial charge in [0.25, 0.3) is 11.5 Å². The average molecular weight is 435 g/mol. The maximum Gasteiger partial charge on any atom is 0.271 e. The first-order valence-corrected chi connectivity index (χ1v) is 10.8. The summed E-state index contributed by atoms with van der Waals surface area (Å²) in [5.41, 5.74) is 2.16. The van der Waals surface area contributed by atoms with E-state index in [4.69, 9.17) is 0 Å². The largest absolute Gasteiger partial charge is 0.349 e. The molecule has 4 rings (SSSR count). The lowest BCUT2D eigenvalue weighted by Gasteiger charge is -2.53. The van der Waals surface area contributed by atoms with Gasteiger partial charge in [-0.15, -0.1) is 0 Å². The Morgan fingerprint density at radius 2 is 1.75 bits per heavy atom. The SMILES string of the molecule is CN1C(C)(C)CC(NC(=O)c2ccc(-n3[nH]c(-c4cnccn4)cc3=O)cc2)CC1(C)C. The molecule has 2 N–H and O–H groups in total. The van der Waals surface area contributed by atoms with Crippen molar-refractivity contribution in [1.82, 2.24) is 30.0 Å². The van der Waals surface area contributed by atoms with Crippen molar-refractivity contribution in [2.75, 3.05) is 7.05 Å². The summed E-state index contributed by atoms with van der Waals surface area (Å²) >= 11 is 0. The third-order valence-electron chi connectivity index (χ3n) is 6.59. The Balaban J connectivity index is 1.49. The lowest BCUT2D eigenvalue weighted by molar-refractivity contribution is -0.0169. The van der Waals surface area contributed by atoms with Crippen LogP contribution in [0.2, 0.25) is 0 Å². The molecule has 0 bridgehead atoms. The molecule has 3 heterocycles. The van der Waals surface area contributed by atoms with Crippen LogP contribution in [0.4, 0.5) is 0 Å². The molecule has 0 saturated carbocycles. The normalized spacial score (nSPS) is 18.4. The van der Waals surface area contributed by atoms with Crippen molar-refractivity contribution in [3.8, 4) is 17.1 Å². The Hall–Kier alpha value is -3.26. The van der Waals surface area contributed by atoms with Crippen LogP contribution in [0.1, 0.15) is 50.9 Å². The predicted octanol–water partition coefficient (Wildman–Crippen LogP) is 3.00. The zero-order valence-electron chi connectivity index (χ0n) is 19.2. The Kier molecular flexibility index (Phi) is 5.50. The van der Waals surface area contributed by atoms with E-state index < -0.39 is 0 Å². The first-order chi connectivity index (χ1) is 15.1. The molecule has 8 nitrogen and oxygen atoms in total. The van der Waals surface area contributed by atoms with Gasteiger partial charge in [0.2, 0.25) is 0 Å². The predicted molar refractivity (Wildman–Crippen MR) is 124 cm³/mol. The Morgan fingerprint density at radius 1 is 1.09 bits per heavy atom. The highest BCUT2D eigenvalue weighted by Gasteiger charge is 2.43. The van der Waals surface area contributed by atoms with E-state index in [2.05, 4.69) is 60.0 Å². The molecule has 1 amide bonds. The van der Waals surface area contributed by atoms with Gasteiger partial charge in [0, 0.05) is 41.1 Å². The summed E-state index contributed by atoms with van der Waals surface area (Å²) in [7, 11) is 2.15. The Bertz CT molecular complexity index is 1140.